The van der Waals surface area contributed by atoms with E-state index in [4.69, 9.17) is 9.97 Å². The molecule has 11 aromatic carbocycles. The Labute approximate surface area is 414 Å². The summed E-state index contributed by atoms with van der Waals surface area (Å²) in [6.07, 6.45) is 0. The van der Waals surface area contributed by atoms with E-state index in [9.17, 15) is 0 Å². The monoisotopic (exact) mass is 902 g/mol. The van der Waals surface area contributed by atoms with Crippen molar-refractivity contribution in [3.8, 4) is 89.5 Å². The van der Waals surface area contributed by atoms with Crippen LogP contribution >= 0.6 is 0 Å². The third-order valence-electron chi connectivity index (χ3n) is 14.4. The first-order valence-electron chi connectivity index (χ1n) is 24.4. The van der Waals surface area contributed by atoms with Crippen LogP contribution in [0.2, 0.25) is 0 Å². The molecule has 0 aliphatic heterocycles. The molecule has 0 saturated heterocycles. The van der Waals surface area contributed by atoms with Gasteiger partial charge in [-0.15, -0.1) is 0 Å². The number of rotatable bonds is 9. The molecule has 332 valence electrons. The molecule has 0 saturated carbocycles. The first-order chi connectivity index (χ1) is 35.2. The molecule has 0 N–H and O–H groups in total. The maximum atomic E-state index is 5.29. The minimum absolute atomic E-state index is 0.522. The van der Waals surface area contributed by atoms with Gasteiger partial charge < -0.3 is 0 Å². The van der Waals surface area contributed by atoms with Crippen molar-refractivity contribution in [2.75, 3.05) is 0 Å². The van der Waals surface area contributed by atoms with Gasteiger partial charge in [-0.1, -0.05) is 261 Å². The third-order valence-corrected chi connectivity index (χ3v) is 14.4. The van der Waals surface area contributed by atoms with Crippen molar-refractivity contribution in [3.63, 3.8) is 0 Å². The van der Waals surface area contributed by atoms with Crippen LogP contribution < -0.4 is 0 Å². The van der Waals surface area contributed by atoms with Gasteiger partial charge in [-0.3, -0.25) is 0 Å². The molecule has 71 heavy (non-hydrogen) atoms. The lowest BCUT2D eigenvalue weighted by Crippen LogP contribution is -2.28. The van der Waals surface area contributed by atoms with Gasteiger partial charge in [0, 0.05) is 16.7 Å². The SMILES string of the molecule is c1ccc(-c2ccc3c(c2)C(c2ccccc2)(c2ccccc2)c2cc(-c4ccc(-c5ccc(-c6cc(-c7ccccc7-c7ccccc7)nc(-c7ccccc7)n6)c6ccccc56)cc4)ccc2-3)cc1. The van der Waals surface area contributed by atoms with Crippen molar-refractivity contribution in [1.82, 2.24) is 9.97 Å². The summed E-state index contributed by atoms with van der Waals surface area (Å²) in [5.41, 5.74) is 21.4. The zero-order valence-electron chi connectivity index (χ0n) is 39.0. The second-order valence-electron chi connectivity index (χ2n) is 18.4. The summed E-state index contributed by atoms with van der Waals surface area (Å²) in [6.45, 7) is 0. The summed E-state index contributed by atoms with van der Waals surface area (Å²) >= 11 is 0. The molecule has 0 unspecified atom stereocenters. The number of nitrogens with zero attached hydrogens (tertiary/aromatic N) is 2. The fourth-order valence-electron chi connectivity index (χ4n) is 11.1. The van der Waals surface area contributed by atoms with Crippen LogP contribution in [0.1, 0.15) is 22.3 Å². The van der Waals surface area contributed by atoms with Crippen LogP contribution in [-0.2, 0) is 5.41 Å². The first-order valence-corrected chi connectivity index (χ1v) is 24.4. The number of aromatic nitrogens is 2. The molecule has 13 rings (SSSR count). The normalized spacial score (nSPS) is 12.3. The van der Waals surface area contributed by atoms with E-state index in [-0.39, 0.29) is 0 Å². The molecule has 1 aliphatic rings. The predicted octanol–water partition coefficient (Wildman–Crippen LogP) is 17.7. The van der Waals surface area contributed by atoms with Gasteiger partial charge in [0.25, 0.3) is 0 Å². The highest BCUT2D eigenvalue weighted by Crippen LogP contribution is 2.57. The molecule has 0 radical (unpaired) electrons. The Kier molecular flexibility index (Phi) is 10.4. The van der Waals surface area contributed by atoms with E-state index in [2.05, 4.69) is 261 Å². The fourth-order valence-corrected chi connectivity index (χ4v) is 11.1. The zero-order valence-corrected chi connectivity index (χ0v) is 39.0. The van der Waals surface area contributed by atoms with E-state index in [1.165, 1.54) is 66.6 Å². The van der Waals surface area contributed by atoms with Crippen molar-refractivity contribution in [2.24, 2.45) is 0 Å². The number of hydrogen-bond acceptors (Lipinski definition) is 2. The van der Waals surface area contributed by atoms with E-state index in [0.717, 1.165) is 50.2 Å². The minimum Gasteiger partial charge on any atom is -0.228 e. The van der Waals surface area contributed by atoms with Crippen LogP contribution in [-0.4, -0.2) is 9.97 Å². The summed E-state index contributed by atoms with van der Waals surface area (Å²) < 4.78 is 0. The van der Waals surface area contributed by atoms with Gasteiger partial charge >= 0.3 is 0 Å². The lowest BCUT2D eigenvalue weighted by molar-refractivity contribution is 0.769. The van der Waals surface area contributed by atoms with Crippen LogP contribution in [0.4, 0.5) is 0 Å². The maximum absolute atomic E-state index is 5.29. The van der Waals surface area contributed by atoms with Gasteiger partial charge in [-0.25, -0.2) is 9.97 Å². The lowest BCUT2D eigenvalue weighted by Gasteiger charge is -2.34. The van der Waals surface area contributed by atoms with Gasteiger partial charge in [0.1, 0.15) is 0 Å². The van der Waals surface area contributed by atoms with Crippen LogP contribution in [0.25, 0.3) is 100 Å². The van der Waals surface area contributed by atoms with Gasteiger partial charge in [-0.05, 0) is 107 Å². The van der Waals surface area contributed by atoms with Gasteiger partial charge in [0.05, 0.1) is 16.8 Å². The molecular weight excluding hydrogens is 857 g/mol. The Morgan fingerprint density at radius 2 is 0.592 bits per heavy atom. The number of hydrogen-bond donors (Lipinski definition) is 0. The Balaban J connectivity index is 0.911. The molecule has 1 aliphatic carbocycles. The van der Waals surface area contributed by atoms with E-state index in [0.29, 0.717) is 5.82 Å². The Morgan fingerprint density at radius 3 is 1.15 bits per heavy atom. The van der Waals surface area contributed by atoms with E-state index < -0.39 is 5.41 Å². The smallest absolute Gasteiger partial charge is 0.160 e. The largest absolute Gasteiger partial charge is 0.228 e. The average molecular weight is 903 g/mol. The topological polar surface area (TPSA) is 25.8 Å². The molecule has 0 bridgehead atoms. The summed E-state index contributed by atoms with van der Waals surface area (Å²) in [5, 5.41) is 2.31. The van der Waals surface area contributed by atoms with Crippen molar-refractivity contribution in [3.05, 3.63) is 301 Å². The van der Waals surface area contributed by atoms with Crippen molar-refractivity contribution in [1.29, 1.82) is 0 Å². The van der Waals surface area contributed by atoms with Crippen LogP contribution in [0, 0.1) is 0 Å². The molecule has 0 fully saturated rings. The van der Waals surface area contributed by atoms with Crippen molar-refractivity contribution >= 4 is 10.8 Å². The molecule has 2 nitrogen and oxygen atoms in total. The predicted molar refractivity (Wildman–Crippen MR) is 295 cm³/mol. The Hall–Kier alpha value is -9.24. The van der Waals surface area contributed by atoms with Gasteiger partial charge in [0.15, 0.2) is 5.82 Å². The van der Waals surface area contributed by atoms with Gasteiger partial charge in [-0.2, -0.15) is 0 Å². The van der Waals surface area contributed by atoms with E-state index in [1.807, 2.05) is 18.2 Å². The van der Waals surface area contributed by atoms with E-state index in [1.54, 1.807) is 0 Å². The molecule has 2 heteroatoms. The summed E-state index contributed by atoms with van der Waals surface area (Å²) in [6, 6.07) is 101. The molecule has 1 aromatic heterocycles. The molecule has 1 heterocycles. The summed E-state index contributed by atoms with van der Waals surface area (Å²) in [7, 11) is 0. The highest BCUT2D eigenvalue weighted by Gasteiger charge is 2.46. The zero-order chi connectivity index (χ0) is 47.1. The minimum atomic E-state index is -0.522. The third kappa shape index (κ3) is 7.28. The molecule has 0 spiro atoms. The Bertz CT molecular complexity index is 3850. The van der Waals surface area contributed by atoms with E-state index >= 15 is 0 Å². The van der Waals surface area contributed by atoms with Crippen LogP contribution in [0.15, 0.2) is 279 Å². The maximum Gasteiger partial charge on any atom is 0.160 e. The number of fused-ring (bicyclic) bond motifs is 4. The average Bonchev–Trinajstić information content (AvgIpc) is 3.76. The standard InChI is InChI=1S/C69H46N2/c1-6-20-47(21-7-1)52-38-40-60-61-41-39-53(45-65(61)69(64(60)44-52,54-26-12-4-13-27-54)55-28-14-5-15-29-55)48-34-36-50(37-35-48)57-42-43-63(59-32-18-17-31-58(57)59)67-46-66(70-68(71-67)51-24-10-3-11-25-51)62-33-19-16-30-56(62)49-22-8-2-9-23-49/h1-46H. The highest BCUT2D eigenvalue weighted by molar-refractivity contribution is 6.05. The summed E-state index contributed by atoms with van der Waals surface area (Å²) in [4.78, 5) is 10.5. The van der Waals surface area contributed by atoms with Crippen molar-refractivity contribution < 1.29 is 0 Å². The molecule has 0 atom stereocenters. The number of benzene rings is 11. The molecule has 12 aromatic rings. The lowest BCUT2D eigenvalue weighted by atomic mass is 9.67. The van der Waals surface area contributed by atoms with Crippen LogP contribution in [0.3, 0.4) is 0 Å². The van der Waals surface area contributed by atoms with Gasteiger partial charge in [0.2, 0.25) is 0 Å². The quantitative estimate of drug-likeness (QED) is 0.144. The first kappa shape index (κ1) is 41.9. The van der Waals surface area contributed by atoms with Crippen LogP contribution in [0.5, 0.6) is 0 Å². The summed E-state index contributed by atoms with van der Waals surface area (Å²) in [5.74, 6) is 0.696. The van der Waals surface area contributed by atoms with Crippen molar-refractivity contribution in [2.45, 2.75) is 5.41 Å². The second-order valence-corrected chi connectivity index (χ2v) is 18.4. The molecular formula is C69H46N2. The Morgan fingerprint density at radius 1 is 0.225 bits per heavy atom. The molecule has 0 amide bonds. The highest BCUT2D eigenvalue weighted by atomic mass is 14.9. The fraction of sp³-hybridized carbons (Fsp3) is 0.0145. The second kappa shape index (κ2) is 17.7.